The predicted molar refractivity (Wildman–Crippen MR) is 202 cm³/mol. The Morgan fingerprint density at radius 3 is 1.85 bits per heavy atom. The zero-order chi connectivity index (χ0) is 31.3. The zero-order valence-corrected chi connectivity index (χ0v) is 26.1. The minimum Gasteiger partial charge on any atom is -0.309 e. The molecule has 10 aromatic rings. The van der Waals surface area contributed by atoms with Crippen molar-refractivity contribution in [1.82, 2.24) is 9.13 Å². The summed E-state index contributed by atoms with van der Waals surface area (Å²) >= 11 is 0. The zero-order valence-electron chi connectivity index (χ0n) is 26.1. The van der Waals surface area contributed by atoms with E-state index in [9.17, 15) is 0 Å². The second-order valence-corrected chi connectivity index (χ2v) is 12.9. The van der Waals surface area contributed by atoms with Crippen molar-refractivity contribution in [1.29, 1.82) is 0 Å². The van der Waals surface area contributed by atoms with Crippen molar-refractivity contribution in [3.05, 3.63) is 170 Å². The normalized spacial score (nSPS) is 12.2. The van der Waals surface area contributed by atoms with E-state index in [1.165, 1.54) is 99.1 Å². The summed E-state index contributed by atoms with van der Waals surface area (Å²) in [6.45, 7) is 0. The highest BCUT2D eigenvalue weighted by molar-refractivity contribution is 6.25. The average Bonchev–Trinajstić information content (AvgIpc) is 3.63. The van der Waals surface area contributed by atoms with Crippen molar-refractivity contribution in [2.75, 3.05) is 0 Å². The Morgan fingerprint density at radius 2 is 0.979 bits per heavy atom. The van der Waals surface area contributed by atoms with Gasteiger partial charge in [0.25, 0.3) is 0 Å². The standard InChI is InChI=1S/C46H28N2/c1-2-13-32(14-3-1)47-41-20-10-9-19-37(41)38-26-30(23-24-43(38)47)31-27-39-35-17-7-6-16-34(35)36-18-8-11-21-42(36)48-44-25-22-29-12-4-5-15-33(29)45(44)40(28-31)46(39)48/h1-28H. The molecule has 0 unspecified atom stereocenters. The largest absolute Gasteiger partial charge is 0.309 e. The minimum absolute atomic E-state index is 1.18. The molecular weight excluding hydrogens is 581 g/mol. The maximum absolute atomic E-state index is 2.52. The van der Waals surface area contributed by atoms with Gasteiger partial charge in [-0.3, -0.25) is 0 Å². The van der Waals surface area contributed by atoms with Crippen molar-refractivity contribution in [3.8, 4) is 44.8 Å². The molecule has 1 aliphatic rings. The molecule has 0 radical (unpaired) electrons. The number of hydrogen-bond acceptors (Lipinski definition) is 0. The second kappa shape index (κ2) is 9.57. The summed E-state index contributed by atoms with van der Waals surface area (Å²) in [5, 5.41) is 7.67. The number of rotatable bonds is 2. The molecule has 1 aliphatic heterocycles. The van der Waals surface area contributed by atoms with Crippen LogP contribution in [0.5, 0.6) is 0 Å². The molecule has 222 valence electrons. The van der Waals surface area contributed by atoms with Crippen LogP contribution in [0.25, 0.3) is 99.1 Å². The second-order valence-electron chi connectivity index (χ2n) is 12.9. The van der Waals surface area contributed by atoms with Crippen molar-refractivity contribution < 1.29 is 0 Å². The molecule has 0 fully saturated rings. The number of benzene rings is 8. The lowest BCUT2D eigenvalue weighted by atomic mass is 9.90. The first-order valence-electron chi connectivity index (χ1n) is 16.6. The van der Waals surface area contributed by atoms with E-state index in [1.54, 1.807) is 0 Å². The topological polar surface area (TPSA) is 9.86 Å². The number of para-hydroxylation sites is 3. The first-order valence-corrected chi connectivity index (χ1v) is 16.6. The van der Waals surface area contributed by atoms with Crippen LogP contribution in [0, 0.1) is 0 Å². The summed E-state index contributed by atoms with van der Waals surface area (Å²) in [5.74, 6) is 0. The minimum atomic E-state index is 1.18. The Balaban J connectivity index is 1.28. The van der Waals surface area contributed by atoms with Gasteiger partial charge >= 0.3 is 0 Å². The molecule has 8 aromatic carbocycles. The van der Waals surface area contributed by atoms with E-state index in [4.69, 9.17) is 0 Å². The Labute approximate surface area is 277 Å². The SMILES string of the molecule is c1ccc(-n2c3ccccc3c3cc(-c4cc5c6c(c4)c4c7ccccc7ccc4n6-c4ccccc4-c4ccccc4-5)ccc32)cc1. The maximum Gasteiger partial charge on any atom is 0.0620 e. The number of aromatic nitrogens is 2. The molecule has 11 rings (SSSR count). The van der Waals surface area contributed by atoms with Gasteiger partial charge in [0.15, 0.2) is 0 Å². The van der Waals surface area contributed by atoms with Crippen molar-refractivity contribution in [2.24, 2.45) is 0 Å². The molecular formula is C46H28N2. The molecule has 0 spiro atoms. The van der Waals surface area contributed by atoms with Crippen LogP contribution < -0.4 is 0 Å². The van der Waals surface area contributed by atoms with Crippen LogP contribution in [-0.2, 0) is 0 Å². The number of fused-ring (bicyclic) bond motifs is 13. The molecule has 2 aromatic heterocycles. The van der Waals surface area contributed by atoms with Gasteiger partial charge in [-0.25, -0.2) is 0 Å². The molecule has 0 bridgehead atoms. The predicted octanol–water partition coefficient (Wildman–Crippen LogP) is 12.3. The molecule has 2 heteroatoms. The molecule has 48 heavy (non-hydrogen) atoms. The van der Waals surface area contributed by atoms with Crippen molar-refractivity contribution in [2.45, 2.75) is 0 Å². The summed E-state index contributed by atoms with van der Waals surface area (Å²) in [6.07, 6.45) is 0. The summed E-state index contributed by atoms with van der Waals surface area (Å²) in [5.41, 5.74) is 14.8. The number of nitrogens with zero attached hydrogens (tertiary/aromatic N) is 2. The maximum atomic E-state index is 2.52. The molecule has 2 nitrogen and oxygen atoms in total. The van der Waals surface area contributed by atoms with Crippen molar-refractivity contribution in [3.63, 3.8) is 0 Å². The third-order valence-corrected chi connectivity index (χ3v) is 10.4. The first kappa shape index (κ1) is 25.8. The van der Waals surface area contributed by atoms with Gasteiger partial charge < -0.3 is 9.13 Å². The summed E-state index contributed by atoms with van der Waals surface area (Å²) < 4.78 is 4.90. The molecule has 0 N–H and O–H groups in total. The summed E-state index contributed by atoms with van der Waals surface area (Å²) in [4.78, 5) is 0. The highest BCUT2D eigenvalue weighted by atomic mass is 15.0. The molecule has 0 aliphatic carbocycles. The van der Waals surface area contributed by atoms with E-state index in [2.05, 4.69) is 179 Å². The highest BCUT2D eigenvalue weighted by Crippen LogP contribution is 2.49. The van der Waals surface area contributed by atoms with E-state index in [0.717, 1.165) is 0 Å². The van der Waals surface area contributed by atoms with Crippen LogP contribution in [0.15, 0.2) is 170 Å². The van der Waals surface area contributed by atoms with Crippen LogP contribution in [0.3, 0.4) is 0 Å². The van der Waals surface area contributed by atoms with Crippen LogP contribution >= 0.6 is 0 Å². The van der Waals surface area contributed by atoms with Crippen LogP contribution in [-0.4, -0.2) is 9.13 Å². The van der Waals surface area contributed by atoms with Gasteiger partial charge in [-0.1, -0.05) is 115 Å². The summed E-state index contributed by atoms with van der Waals surface area (Å²) in [6, 6.07) is 62.6. The molecule has 0 saturated carbocycles. The summed E-state index contributed by atoms with van der Waals surface area (Å²) in [7, 11) is 0. The van der Waals surface area contributed by atoms with Gasteiger partial charge in [0, 0.05) is 38.4 Å². The van der Waals surface area contributed by atoms with Crippen molar-refractivity contribution >= 4 is 54.4 Å². The van der Waals surface area contributed by atoms with Gasteiger partial charge in [0.2, 0.25) is 0 Å². The van der Waals surface area contributed by atoms with Crippen LogP contribution in [0.2, 0.25) is 0 Å². The highest BCUT2D eigenvalue weighted by Gasteiger charge is 2.26. The van der Waals surface area contributed by atoms with E-state index in [0.29, 0.717) is 0 Å². The van der Waals surface area contributed by atoms with E-state index >= 15 is 0 Å². The van der Waals surface area contributed by atoms with Gasteiger partial charge in [0.05, 0.1) is 27.8 Å². The molecule has 0 atom stereocenters. The number of hydrogen-bond donors (Lipinski definition) is 0. The van der Waals surface area contributed by atoms with E-state index in [-0.39, 0.29) is 0 Å². The Bertz CT molecular complexity index is 2940. The fourth-order valence-electron chi connectivity index (χ4n) is 8.39. The molecule has 3 heterocycles. The van der Waals surface area contributed by atoms with Gasteiger partial charge in [-0.15, -0.1) is 0 Å². The molecule has 0 saturated heterocycles. The third-order valence-electron chi connectivity index (χ3n) is 10.4. The first-order chi connectivity index (χ1) is 23.8. The smallest absolute Gasteiger partial charge is 0.0620 e. The van der Waals surface area contributed by atoms with Gasteiger partial charge in [0.1, 0.15) is 0 Å². The fourth-order valence-corrected chi connectivity index (χ4v) is 8.39. The Morgan fingerprint density at radius 1 is 0.333 bits per heavy atom. The van der Waals surface area contributed by atoms with Gasteiger partial charge in [-0.05, 0) is 87.6 Å². The fraction of sp³-hybridized carbons (Fsp3) is 0. The molecule has 0 amide bonds. The lowest BCUT2D eigenvalue weighted by molar-refractivity contribution is 1.18. The van der Waals surface area contributed by atoms with E-state index in [1.807, 2.05) is 0 Å². The Hall–Kier alpha value is -6.38. The lowest BCUT2D eigenvalue weighted by Crippen LogP contribution is -1.95. The quantitative estimate of drug-likeness (QED) is 0.185. The Kier molecular flexibility index (Phi) is 5.14. The van der Waals surface area contributed by atoms with Crippen LogP contribution in [0.4, 0.5) is 0 Å². The monoisotopic (exact) mass is 608 g/mol. The van der Waals surface area contributed by atoms with Gasteiger partial charge in [-0.2, -0.15) is 0 Å². The van der Waals surface area contributed by atoms with Crippen LogP contribution in [0.1, 0.15) is 0 Å². The third kappa shape index (κ3) is 3.41. The lowest BCUT2D eigenvalue weighted by Gasteiger charge is -2.12. The average molecular weight is 609 g/mol. The van der Waals surface area contributed by atoms with E-state index < -0.39 is 0 Å².